The topological polar surface area (TPSA) is 95.3 Å². The molecule has 0 aliphatic heterocycles. The van der Waals surface area contributed by atoms with Crippen LogP contribution in [0.25, 0.3) is 0 Å². The molecule has 0 saturated carbocycles. The van der Waals surface area contributed by atoms with E-state index in [1.54, 1.807) is 18.6 Å². The van der Waals surface area contributed by atoms with Crippen LogP contribution in [-0.2, 0) is 24.5 Å². The van der Waals surface area contributed by atoms with Crippen LogP contribution < -0.4 is 10.1 Å². The van der Waals surface area contributed by atoms with E-state index in [0.717, 1.165) is 22.6 Å². The van der Waals surface area contributed by atoms with Crippen molar-refractivity contribution in [2.45, 2.75) is 38.7 Å². The molecule has 166 valence electrons. The molecule has 1 amide bonds. The van der Waals surface area contributed by atoms with Crippen LogP contribution in [0, 0.1) is 13.8 Å². The average molecular weight is 453 g/mol. The monoisotopic (exact) mass is 452 g/mol. The number of nitrogens with one attached hydrogen (secondary N) is 1. The summed E-state index contributed by atoms with van der Waals surface area (Å²) in [6.07, 6.45) is 3.20. The van der Waals surface area contributed by atoms with Gasteiger partial charge in [-0.15, -0.1) is 10.2 Å². The zero-order valence-electron chi connectivity index (χ0n) is 17.9. The molecule has 0 unspecified atom stereocenters. The fraction of sp³-hybridized carbons (Fsp3) is 0.261. The molecule has 1 aromatic carbocycles. The highest BCUT2D eigenvalue weighted by Gasteiger charge is 2.17. The third-order valence-corrected chi connectivity index (χ3v) is 5.94. The van der Waals surface area contributed by atoms with Gasteiger partial charge in [0.2, 0.25) is 5.91 Å². The summed E-state index contributed by atoms with van der Waals surface area (Å²) in [6.45, 7) is 5.12. The van der Waals surface area contributed by atoms with Crippen molar-refractivity contribution in [3.05, 3.63) is 83.5 Å². The Hall–Kier alpha value is -3.46. The summed E-state index contributed by atoms with van der Waals surface area (Å²) in [6, 6.07) is 13.3. The minimum Gasteiger partial charge on any atom is -0.485 e. The lowest BCUT2D eigenvalue weighted by molar-refractivity contribution is -0.118. The summed E-state index contributed by atoms with van der Waals surface area (Å²) in [5.74, 6) is 3.02. The number of nitrogens with zero attached hydrogens (tertiary/aromatic N) is 3. The smallest absolute Gasteiger partial charge is 0.230 e. The molecule has 1 N–H and O–H groups in total. The summed E-state index contributed by atoms with van der Waals surface area (Å²) in [5.41, 5.74) is 2.25. The highest BCUT2D eigenvalue weighted by atomic mass is 32.2. The van der Waals surface area contributed by atoms with Crippen molar-refractivity contribution < 1.29 is 18.4 Å². The van der Waals surface area contributed by atoms with Gasteiger partial charge in [-0.3, -0.25) is 9.36 Å². The molecule has 3 aromatic heterocycles. The van der Waals surface area contributed by atoms with E-state index >= 15 is 0 Å². The molecule has 32 heavy (non-hydrogen) atoms. The van der Waals surface area contributed by atoms with E-state index in [0.29, 0.717) is 29.8 Å². The number of carbonyl (C=O) groups is 1. The van der Waals surface area contributed by atoms with E-state index in [4.69, 9.17) is 13.6 Å². The van der Waals surface area contributed by atoms with Crippen molar-refractivity contribution in [2.75, 3.05) is 5.75 Å². The van der Waals surface area contributed by atoms with Crippen LogP contribution in [0.2, 0.25) is 0 Å². The van der Waals surface area contributed by atoms with E-state index in [2.05, 4.69) is 15.5 Å². The molecule has 0 aliphatic carbocycles. The minimum atomic E-state index is -0.118. The van der Waals surface area contributed by atoms with Gasteiger partial charge in [0.15, 0.2) is 11.0 Å². The lowest BCUT2D eigenvalue weighted by Crippen LogP contribution is -2.24. The van der Waals surface area contributed by atoms with Gasteiger partial charge >= 0.3 is 0 Å². The quantitative estimate of drug-likeness (QED) is 0.362. The van der Waals surface area contributed by atoms with Crippen LogP contribution in [0.3, 0.4) is 0 Å². The fourth-order valence-corrected chi connectivity index (χ4v) is 3.84. The first-order valence-electron chi connectivity index (χ1n) is 10.2. The Morgan fingerprint density at radius 2 is 1.84 bits per heavy atom. The minimum absolute atomic E-state index is 0.118. The largest absolute Gasteiger partial charge is 0.485 e. The molecule has 4 aromatic rings. The number of amides is 1. The molecule has 0 aliphatic rings. The molecule has 0 spiro atoms. The molecular formula is C23H24N4O4S. The zero-order chi connectivity index (χ0) is 22.3. The van der Waals surface area contributed by atoms with Gasteiger partial charge in [0.1, 0.15) is 23.9 Å². The molecular weight excluding hydrogens is 428 g/mol. The van der Waals surface area contributed by atoms with E-state index in [1.165, 1.54) is 11.8 Å². The van der Waals surface area contributed by atoms with E-state index in [-0.39, 0.29) is 18.3 Å². The molecule has 0 atom stereocenters. The Morgan fingerprint density at radius 3 is 2.59 bits per heavy atom. The number of furan rings is 2. The summed E-state index contributed by atoms with van der Waals surface area (Å²) >= 11 is 1.31. The second kappa shape index (κ2) is 10.2. The van der Waals surface area contributed by atoms with Gasteiger partial charge in [-0.1, -0.05) is 23.9 Å². The van der Waals surface area contributed by atoms with E-state index in [9.17, 15) is 4.79 Å². The third-order valence-electron chi connectivity index (χ3n) is 4.97. The van der Waals surface area contributed by atoms with Gasteiger partial charge in [-0.2, -0.15) is 0 Å². The standard InChI is InChI=1S/C23H24N4O4S/c1-16-6-3-9-20(17(16)2)31-14-21-25-26-23(27(21)13-19-8-5-11-30-19)32-15-22(28)24-12-18-7-4-10-29-18/h3-11H,12-15H2,1-2H3,(H,24,28). The predicted octanol–water partition coefficient (Wildman–Crippen LogP) is 4.12. The van der Waals surface area contributed by atoms with Crippen LogP contribution in [0.4, 0.5) is 0 Å². The van der Waals surface area contributed by atoms with Gasteiger partial charge < -0.3 is 18.9 Å². The number of hydrogen-bond donors (Lipinski definition) is 1. The third kappa shape index (κ3) is 5.42. The Kier molecular flexibility index (Phi) is 6.96. The first-order chi connectivity index (χ1) is 15.6. The molecule has 0 bridgehead atoms. The molecule has 0 saturated heterocycles. The van der Waals surface area contributed by atoms with E-state index in [1.807, 2.05) is 54.8 Å². The summed E-state index contributed by atoms with van der Waals surface area (Å²) in [5, 5.41) is 12.0. The average Bonchev–Trinajstić information content (AvgIpc) is 3.56. The molecule has 4 rings (SSSR count). The number of ether oxygens (including phenoxy) is 1. The number of aryl methyl sites for hydroxylation is 1. The molecule has 8 nitrogen and oxygen atoms in total. The normalized spacial score (nSPS) is 10.9. The number of carbonyl (C=O) groups excluding carboxylic acids is 1. The lowest BCUT2D eigenvalue weighted by atomic mass is 10.1. The Balaban J connectivity index is 1.43. The predicted molar refractivity (Wildman–Crippen MR) is 119 cm³/mol. The van der Waals surface area contributed by atoms with Crippen LogP contribution in [0.5, 0.6) is 5.75 Å². The number of aromatic nitrogens is 3. The van der Waals surface area contributed by atoms with Gasteiger partial charge in [0.05, 0.1) is 31.4 Å². The van der Waals surface area contributed by atoms with Gasteiger partial charge in [0.25, 0.3) is 0 Å². The van der Waals surface area contributed by atoms with Crippen molar-refractivity contribution in [2.24, 2.45) is 0 Å². The maximum absolute atomic E-state index is 12.3. The molecule has 0 fully saturated rings. The van der Waals surface area contributed by atoms with Crippen LogP contribution in [0.1, 0.15) is 28.5 Å². The highest BCUT2D eigenvalue weighted by molar-refractivity contribution is 7.99. The Morgan fingerprint density at radius 1 is 1.06 bits per heavy atom. The van der Waals surface area contributed by atoms with Gasteiger partial charge in [0, 0.05) is 0 Å². The summed E-state index contributed by atoms with van der Waals surface area (Å²) in [7, 11) is 0. The molecule has 9 heteroatoms. The van der Waals surface area contributed by atoms with Gasteiger partial charge in [-0.25, -0.2) is 0 Å². The Bertz CT molecular complexity index is 1150. The van der Waals surface area contributed by atoms with Crippen molar-refractivity contribution >= 4 is 17.7 Å². The zero-order valence-corrected chi connectivity index (χ0v) is 18.7. The Labute approximate surface area is 190 Å². The van der Waals surface area contributed by atoms with Crippen LogP contribution >= 0.6 is 11.8 Å². The summed E-state index contributed by atoms with van der Waals surface area (Å²) in [4.78, 5) is 12.3. The molecule has 3 heterocycles. The molecule has 0 radical (unpaired) electrons. The number of benzene rings is 1. The lowest BCUT2D eigenvalue weighted by Gasteiger charge is -2.12. The second-order valence-electron chi connectivity index (χ2n) is 7.20. The SMILES string of the molecule is Cc1cccc(OCc2nnc(SCC(=O)NCc3ccco3)n2Cc2ccco2)c1C. The maximum Gasteiger partial charge on any atom is 0.230 e. The van der Waals surface area contributed by atoms with Crippen molar-refractivity contribution in [3.8, 4) is 5.75 Å². The number of thioether (sulfide) groups is 1. The highest BCUT2D eigenvalue weighted by Crippen LogP contribution is 2.23. The number of rotatable bonds is 10. The van der Waals surface area contributed by atoms with Crippen molar-refractivity contribution in [1.29, 1.82) is 0 Å². The second-order valence-corrected chi connectivity index (χ2v) is 8.14. The van der Waals surface area contributed by atoms with Crippen LogP contribution in [-0.4, -0.2) is 26.4 Å². The van der Waals surface area contributed by atoms with Crippen LogP contribution in [0.15, 0.2) is 69.0 Å². The van der Waals surface area contributed by atoms with Crippen molar-refractivity contribution in [3.63, 3.8) is 0 Å². The maximum atomic E-state index is 12.3. The van der Waals surface area contributed by atoms with E-state index < -0.39 is 0 Å². The fourth-order valence-electron chi connectivity index (χ4n) is 3.05. The summed E-state index contributed by atoms with van der Waals surface area (Å²) < 4.78 is 18.7. The van der Waals surface area contributed by atoms with Crippen molar-refractivity contribution in [1.82, 2.24) is 20.1 Å². The first-order valence-corrected chi connectivity index (χ1v) is 11.1. The first kappa shape index (κ1) is 21.8. The number of hydrogen-bond acceptors (Lipinski definition) is 7. The van der Waals surface area contributed by atoms with Gasteiger partial charge in [-0.05, 0) is 55.3 Å².